The van der Waals surface area contributed by atoms with E-state index in [1.54, 1.807) is 0 Å². The summed E-state index contributed by atoms with van der Waals surface area (Å²) in [5.74, 6) is 2.03. The molecule has 126 valence electrons. The lowest BCUT2D eigenvalue weighted by Crippen LogP contribution is -2.29. The molecule has 1 amide bonds. The number of rotatable bonds is 8. The van der Waals surface area contributed by atoms with Crippen LogP contribution in [0.2, 0.25) is 0 Å². The molecule has 1 aromatic carbocycles. The van der Waals surface area contributed by atoms with Crippen molar-refractivity contribution in [1.29, 1.82) is 0 Å². The maximum absolute atomic E-state index is 11.7. The number of nitrogens with zero attached hydrogens (tertiary/aromatic N) is 3. The second kappa shape index (κ2) is 7.93. The summed E-state index contributed by atoms with van der Waals surface area (Å²) in [7, 11) is 0. The van der Waals surface area contributed by atoms with E-state index < -0.39 is 0 Å². The number of aromatic amines is 2. The number of para-hydroxylation sites is 2. The van der Waals surface area contributed by atoms with Gasteiger partial charge < -0.3 is 15.0 Å². The van der Waals surface area contributed by atoms with Crippen molar-refractivity contribution in [2.45, 2.75) is 18.7 Å². The first kappa shape index (κ1) is 16.5. The van der Waals surface area contributed by atoms with Gasteiger partial charge in [0.05, 0.1) is 11.0 Å². The average molecular weight is 346 g/mol. The van der Waals surface area contributed by atoms with Crippen LogP contribution in [0.5, 0.6) is 0 Å². The zero-order chi connectivity index (χ0) is 16.8. The predicted molar refractivity (Wildman–Crippen MR) is 90.6 cm³/mol. The summed E-state index contributed by atoms with van der Waals surface area (Å²) in [5, 5.41) is 10.3. The average Bonchev–Trinajstić information content (AvgIpc) is 3.17. The number of ether oxygens (including phenoxy) is 1. The summed E-state index contributed by atoms with van der Waals surface area (Å²) in [6.07, 6.45) is 0. The number of hydrogen-bond acceptors (Lipinski definition) is 6. The summed E-state index contributed by atoms with van der Waals surface area (Å²) in [5.41, 5.74) is 1.85. The monoisotopic (exact) mass is 346 g/mol. The minimum absolute atomic E-state index is 0.00146. The second-order valence-corrected chi connectivity index (χ2v) is 6.16. The Kier molecular flexibility index (Phi) is 5.44. The summed E-state index contributed by atoms with van der Waals surface area (Å²) >= 11 is 1.48. The molecule has 3 rings (SSSR count). The fourth-order valence-corrected chi connectivity index (χ4v) is 2.78. The highest BCUT2D eigenvalue weighted by Gasteiger charge is 2.05. The molecule has 0 spiro atoms. The van der Waals surface area contributed by atoms with Crippen LogP contribution < -0.4 is 5.32 Å². The second-order valence-electron chi connectivity index (χ2n) is 5.10. The highest BCUT2D eigenvalue weighted by atomic mass is 32.2. The molecule has 0 fully saturated rings. The molecular weight excluding hydrogens is 328 g/mol. The van der Waals surface area contributed by atoms with Crippen molar-refractivity contribution in [3.63, 3.8) is 0 Å². The number of aryl methyl sites for hydroxylation is 1. The van der Waals surface area contributed by atoms with Gasteiger partial charge in [-0.05, 0) is 19.1 Å². The third-order valence-corrected chi connectivity index (χ3v) is 3.99. The van der Waals surface area contributed by atoms with Crippen molar-refractivity contribution in [3.8, 4) is 0 Å². The fraction of sp³-hybridized carbons (Fsp3) is 0.333. The van der Waals surface area contributed by atoms with Crippen LogP contribution in [0.25, 0.3) is 11.0 Å². The largest absolute Gasteiger partial charge is 0.364 e. The summed E-state index contributed by atoms with van der Waals surface area (Å²) in [4.78, 5) is 23.4. The maximum Gasteiger partial charge on any atom is 0.246 e. The number of amides is 1. The first-order valence-corrected chi connectivity index (χ1v) is 8.49. The Balaban J connectivity index is 1.32. The summed E-state index contributed by atoms with van der Waals surface area (Å²) in [6.45, 7) is 2.65. The minimum atomic E-state index is -0.155. The van der Waals surface area contributed by atoms with E-state index >= 15 is 0 Å². The van der Waals surface area contributed by atoms with Gasteiger partial charge in [0.2, 0.25) is 11.1 Å². The highest BCUT2D eigenvalue weighted by molar-refractivity contribution is 7.99. The zero-order valence-electron chi connectivity index (χ0n) is 13.2. The van der Waals surface area contributed by atoms with Gasteiger partial charge in [-0.15, -0.1) is 5.10 Å². The van der Waals surface area contributed by atoms with Gasteiger partial charge in [-0.3, -0.25) is 9.89 Å². The van der Waals surface area contributed by atoms with Gasteiger partial charge >= 0.3 is 0 Å². The third-order valence-electron chi connectivity index (χ3n) is 3.14. The predicted octanol–water partition coefficient (Wildman–Crippen LogP) is 1.41. The smallest absolute Gasteiger partial charge is 0.246 e. The van der Waals surface area contributed by atoms with Crippen LogP contribution in [0.3, 0.4) is 0 Å². The van der Waals surface area contributed by atoms with Crippen molar-refractivity contribution in [1.82, 2.24) is 30.5 Å². The third kappa shape index (κ3) is 4.56. The number of aromatic nitrogens is 5. The van der Waals surface area contributed by atoms with Crippen LogP contribution >= 0.6 is 11.8 Å². The van der Waals surface area contributed by atoms with E-state index in [0.29, 0.717) is 23.3 Å². The Morgan fingerprint density at radius 3 is 3.00 bits per heavy atom. The van der Waals surface area contributed by atoms with Crippen molar-refractivity contribution in [2.75, 3.05) is 18.9 Å². The standard InChI is InChI=1S/C15H18N6O2S/c1-10-17-15(21-20-10)24-7-6-16-14(22)9-23-8-13-18-11-4-2-3-5-12(11)19-13/h2-5H,6-9H2,1H3,(H,16,22)(H,18,19)(H,17,20,21). The van der Waals surface area contributed by atoms with E-state index in [9.17, 15) is 4.79 Å². The molecule has 2 aromatic heterocycles. The van der Waals surface area contributed by atoms with Gasteiger partial charge in [0, 0.05) is 12.3 Å². The molecule has 0 bridgehead atoms. The lowest BCUT2D eigenvalue weighted by atomic mass is 10.3. The zero-order valence-corrected chi connectivity index (χ0v) is 14.0. The Hall–Kier alpha value is -2.39. The highest BCUT2D eigenvalue weighted by Crippen LogP contribution is 2.11. The first-order valence-electron chi connectivity index (χ1n) is 7.50. The lowest BCUT2D eigenvalue weighted by molar-refractivity contribution is -0.126. The molecule has 3 N–H and O–H groups in total. The maximum atomic E-state index is 11.7. The molecule has 2 heterocycles. The van der Waals surface area contributed by atoms with E-state index in [1.165, 1.54) is 11.8 Å². The Morgan fingerprint density at radius 1 is 1.33 bits per heavy atom. The molecule has 24 heavy (non-hydrogen) atoms. The summed E-state index contributed by atoms with van der Waals surface area (Å²) < 4.78 is 5.39. The molecule has 0 saturated carbocycles. The van der Waals surface area contributed by atoms with Crippen LogP contribution in [0.1, 0.15) is 11.6 Å². The molecular formula is C15H18N6O2S. The van der Waals surface area contributed by atoms with Gasteiger partial charge in [0.1, 0.15) is 24.9 Å². The molecule has 0 aliphatic heterocycles. The first-order chi connectivity index (χ1) is 11.7. The fourth-order valence-electron chi connectivity index (χ4n) is 2.08. The van der Waals surface area contributed by atoms with Crippen LogP contribution in [0, 0.1) is 6.92 Å². The normalized spacial score (nSPS) is 11.0. The Morgan fingerprint density at radius 2 is 2.21 bits per heavy atom. The quantitative estimate of drug-likeness (QED) is 0.420. The van der Waals surface area contributed by atoms with Gasteiger partial charge in [0.15, 0.2) is 0 Å². The van der Waals surface area contributed by atoms with E-state index in [2.05, 4.69) is 30.5 Å². The van der Waals surface area contributed by atoms with Crippen molar-refractivity contribution >= 4 is 28.7 Å². The van der Waals surface area contributed by atoms with Gasteiger partial charge in [-0.25, -0.2) is 9.97 Å². The van der Waals surface area contributed by atoms with Crippen LogP contribution in [0.4, 0.5) is 0 Å². The Labute approximate surface area is 142 Å². The molecule has 0 radical (unpaired) electrons. The number of carbonyl (C=O) groups is 1. The summed E-state index contributed by atoms with van der Waals surface area (Å²) in [6, 6.07) is 7.75. The van der Waals surface area contributed by atoms with Crippen molar-refractivity contribution < 1.29 is 9.53 Å². The lowest BCUT2D eigenvalue weighted by Gasteiger charge is -2.04. The molecule has 0 atom stereocenters. The number of nitrogens with one attached hydrogen (secondary N) is 3. The van der Waals surface area contributed by atoms with E-state index in [4.69, 9.17) is 4.74 Å². The number of H-pyrrole nitrogens is 2. The topological polar surface area (TPSA) is 109 Å². The number of benzene rings is 1. The van der Waals surface area contributed by atoms with Gasteiger partial charge in [0.25, 0.3) is 0 Å². The molecule has 0 aliphatic carbocycles. The van der Waals surface area contributed by atoms with E-state index in [-0.39, 0.29) is 19.1 Å². The number of hydrogen-bond donors (Lipinski definition) is 3. The molecule has 0 unspecified atom stereocenters. The number of carbonyl (C=O) groups excluding carboxylic acids is 1. The number of imidazole rings is 1. The molecule has 9 heteroatoms. The van der Waals surface area contributed by atoms with Crippen molar-refractivity contribution in [2.24, 2.45) is 0 Å². The molecule has 0 saturated heterocycles. The van der Waals surface area contributed by atoms with Crippen LogP contribution in [-0.2, 0) is 16.1 Å². The SMILES string of the molecule is Cc1nc(SCCNC(=O)COCc2nc3ccccc3[nH]2)n[nH]1. The van der Waals surface area contributed by atoms with Gasteiger partial charge in [-0.2, -0.15) is 0 Å². The van der Waals surface area contributed by atoms with Crippen LogP contribution in [0.15, 0.2) is 29.4 Å². The Bertz CT molecular complexity index is 782. The van der Waals surface area contributed by atoms with Crippen LogP contribution in [-0.4, -0.2) is 50.0 Å². The van der Waals surface area contributed by atoms with Crippen molar-refractivity contribution in [3.05, 3.63) is 35.9 Å². The molecule has 8 nitrogen and oxygen atoms in total. The number of thioether (sulfide) groups is 1. The van der Waals surface area contributed by atoms with Gasteiger partial charge in [-0.1, -0.05) is 23.9 Å². The number of fused-ring (bicyclic) bond motifs is 1. The van der Waals surface area contributed by atoms with E-state index in [0.717, 1.165) is 16.9 Å². The minimum Gasteiger partial charge on any atom is -0.364 e. The molecule has 0 aliphatic rings. The van der Waals surface area contributed by atoms with E-state index in [1.807, 2.05) is 31.2 Å². The molecule has 3 aromatic rings.